The van der Waals surface area contributed by atoms with Gasteiger partial charge in [0, 0.05) is 12.3 Å². The highest BCUT2D eigenvalue weighted by atomic mass is 32.2. The molecule has 0 amide bonds. The van der Waals surface area contributed by atoms with E-state index in [-0.39, 0.29) is 35.2 Å². The fraction of sp³-hybridized carbons (Fsp3) is 0.500. The molecule has 0 aliphatic heterocycles. The van der Waals surface area contributed by atoms with Crippen molar-refractivity contribution in [1.82, 2.24) is 0 Å². The van der Waals surface area contributed by atoms with E-state index in [0.717, 1.165) is 0 Å². The lowest BCUT2D eigenvalue weighted by atomic mass is 10.2. The smallest absolute Gasteiger partial charge is 0.333 e. The van der Waals surface area contributed by atoms with Gasteiger partial charge in [0.2, 0.25) is 0 Å². The Morgan fingerprint density at radius 1 is 1.35 bits per heavy atom. The zero-order valence-corrected chi connectivity index (χ0v) is 12.3. The lowest BCUT2D eigenvalue weighted by Gasteiger charge is -2.10. The number of benzene rings is 1. The quantitative estimate of drug-likeness (QED) is 0.581. The van der Waals surface area contributed by atoms with Crippen LogP contribution in [-0.2, 0) is 9.84 Å². The number of para-hydroxylation sites is 1. The zero-order valence-electron chi connectivity index (χ0n) is 11.5. The molecule has 1 rings (SSSR count). The maximum atomic E-state index is 11.4. The first kappa shape index (κ1) is 16.2. The van der Waals surface area contributed by atoms with Gasteiger partial charge in [-0.3, -0.25) is 10.1 Å². The van der Waals surface area contributed by atoms with E-state index >= 15 is 0 Å². The van der Waals surface area contributed by atoms with E-state index in [4.69, 9.17) is 4.74 Å². The Hall–Kier alpha value is -1.83. The second-order valence-electron chi connectivity index (χ2n) is 4.01. The molecule has 0 spiro atoms. The molecule has 1 aromatic carbocycles. The van der Waals surface area contributed by atoms with Gasteiger partial charge in [0.15, 0.2) is 15.6 Å². The van der Waals surface area contributed by atoms with Crippen molar-refractivity contribution in [2.24, 2.45) is 0 Å². The predicted molar refractivity (Wildman–Crippen MR) is 77.1 cm³/mol. The van der Waals surface area contributed by atoms with Crippen molar-refractivity contribution in [3.05, 3.63) is 28.3 Å². The third kappa shape index (κ3) is 4.37. The molecule has 1 N–H and O–H groups in total. The highest BCUT2D eigenvalue weighted by Crippen LogP contribution is 2.34. The second-order valence-corrected chi connectivity index (χ2v) is 6.48. The summed E-state index contributed by atoms with van der Waals surface area (Å²) < 4.78 is 28.0. The van der Waals surface area contributed by atoms with Crippen molar-refractivity contribution in [2.45, 2.75) is 13.8 Å². The Kier molecular flexibility index (Phi) is 5.75. The van der Waals surface area contributed by atoms with Crippen molar-refractivity contribution in [3.8, 4) is 5.75 Å². The summed E-state index contributed by atoms with van der Waals surface area (Å²) in [5.74, 6) is 0.149. The van der Waals surface area contributed by atoms with Crippen LogP contribution >= 0.6 is 0 Å². The summed E-state index contributed by atoms with van der Waals surface area (Å²) in [6, 6.07) is 4.66. The summed E-state index contributed by atoms with van der Waals surface area (Å²) in [6.45, 7) is 3.73. The van der Waals surface area contributed by atoms with Crippen molar-refractivity contribution in [3.63, 3.8) is 0 Å². The molecule has 20 heavy (non-hydrogen) atoms. The summed E-state index contributed by atoms with van der Waals surface area (Å²) in [7, 11) is -3.11. The summed E-state index contributed by atoms with van der Waals surface area (Å²) in [5, 5.41) is 13.9. The molecular formula is C12H18N2O5S. The first-order valence-corrected chi connectivity index (χ1v) is 8.08. The molecule has 0 aromatic heterocycles. The van der Waals surface area contributed by atoms with Crippen molar-refractivity contribution >= 4 is 21.2 Å². The number of sulfone groups is 1. The van der Waals surface area contributed by atoms with Crippen LogP contribution in [0.2, 0.25) is 0 Å². The lowest BCUT2D eigenvalue weighted by Crippen LogP contribution is -2.17. The summed E-state index contributed by atoms with van der Waals surface area (Å²) >= 11 is 0. The Bertz CT molecular complexity index is 571. The Labute approximate surface area is 118 Å². The molecule has 0 saturated carbocycles. The average Bonchev–Trinajstić information content (AvgIpc) is 2.39. The molecule has 0 unspecified atom stereocenters. The first-order chi connectivity index (χ1) is 9.41. The van der Waals surface area contributed by atoms with E-state index in [1.54, 1.807) is 19.9 Å². The third-order valence-corrected chi connectivity index (χ3v) is 4.36. The molecule has 7 nitrogen and oxygen atoms in total. The van der Waals surface area contributed by atoms with Crippen molar-refractivity contribution < 1.29 is 18.1 Å². The summed E-state index contributed by atoms with van der Waals surface area (Å²) in [4.78, 5) is 10.6. The average molecular weight is 302 g/mol. The van der Waals surface area contributed by atoms with Crippen LogP contribution < -0.4 is 10.1 Å². The molecular weight excluding hydrogens is 284 g/mol. The van der Waals surface area contributed by atoms with Crippen LogP contribution in [0.15, 0.2) is 18.2 Å². The largest absolute Gasteiger partial charge is 0.487 e. The molecule has 0 bridgehead atoms. The van der Waals surface area contributed by atoms with Gasteiger partial charge in [-0.1, -0.05) is 13.0 Å². The van der Waals surface area contributed by atoms with Crippen LogP contribution in [0.4, 0.5) is 11.4 Å². The summed E-state index contributed by atoms with van der Waals surface area (Å²) in [5.41, 5.74) is 0.0792. The number of hydrogen-bond acceptors (Lipinski definition) is 6. The standard InChI is InChI=1S/C12H18N2O5S/c1-3-19-11-7-5-6-10(12(11)14(15)16)13-8-9-20(17,18)4-2/h5-7,13H,3-4,8-9H2,1-2H3. The monoisotopic (exact) mass is 302 g/mol. The summed E-state index contributed by atoms with van der Waals surface area (Å²) in [6.07, 6.45) is 0. The number of nitro groups is 1. The number of nitrogens with one attached hydrogen (secondary N) is 1. The molecule has 0 saturated heterocycles. The zero-order chi connectivity index (χ0) is 15.2. The van der Waals surface area contributed by atoms with Gasteiger partial charge in [-0.2, -0.15) is 0 Å². The topological polar surface area (TPSA) is 98.5 Å². The van der Waals surface area contributed by atoms with E-state index in [0.29, 0.717) is 6.61 Å². The minimum absolute atomic E-state index is 0.0513. The Balaban J connectivity index is 2.89. The molecule has 112 valence electrons. The van der Waals surface area contributed by atoms with E-state index in [2.05, 4.69) is 5.32 Å². The maximum absolute atomic E-state index is 11.4. The molecule has 8 heteroatoms. The molecule has 0 aliphatic rings. The van der Waals surface area contributed by atoms with E-state index in [1.807, 2.05) is 0 Å². The van der Waals surface area contributed by atoms with Gasteiger partial charge in [-0.05, 0) is 19.1 Å². The number of nitrogens with zero attached hydrogens (tertiary/aromatic N) is 1. The highest BCUT2D eigenvalue weighted by molar-refractivity contribution is 7.91. The minimum Gasteiger partial charge on any atom is -0.487 e. The van der Waals surface area contributed by atoms with E-state index in [9.17, 15) is 18.5 Å². The van der Waals surface area contributed by atoms with Crippen molar-refractivity contribution in [1.29, 1.82) is 0 Å². The Morgan fingerprint density at radius 2 is 2.05 bits per heavy atom. The molecule has 0 fully saturated rings. The van der Waals surface area contributed by atoms with Crippen LogP contribution in [0.1, 0.15) is 13.8 Å². The predicted octanol–water partition coefficient (Wildman–Crippen LogP) is 1.84. The fourth-order valence-corrected chi connectivity index (χ4v) is 2.31. The van der Waals surface area contributed by atoms with Gasteiger partial charge in [-0.25, -0.2) is 8.42 Å². The van der Waals surface area contributed by atoms with Gasteiger partial charge < -0.3 is 10.1 Å². The number of rotatable bonds is 8. The van der Waals surface area contributed by atoms with Crippen LogP contribution in [0.25, 0.3) is 0 Å². The van der Waals surface area contributed by atoms with Crippen LogP contribution in [0.3, 0.4) is 0 Å². The molecule has 0 aliphatic carbocycles. The van der Waals surface area contributed by atoms with E-state index in [1.165, 1.54) is 12.1 Å². The van der Waals surface area contributed by atoms with Gasteiger partial charge >= 0.3 is 5.69 Å². The van der Waals surface area contributed by atoms with Crippen LogP contribution in [0, 0.1) is 10.1 Å². The molecule has 0 radical (unpaired) electrons. The lowest BCUT2D eigenvalue weighted by molar-refractivity contribution is -0.384. The molecule has 0 heterocycles. The van der Waals surface area contributed by atoms with Gasteiger partial charge in [-0.15, -0.1) is 0 Å². The second kappa shape index (κ2) is 7.09. The molecule has 1 aromatic rings. The fourth-order valence-electron chi connectivity index (χ4n) is 1.61. The van der Waals surface area contributed by atoms with Gasteiger partial charge in [0.05, 0.1) is 17.3 Å². The highest BCUT2D eigenvalue weighted by Gasteiger charge is 2.20. The third-order valence-electron chi connectivity index (χ3n) is 2.65. The maximum Gasteiger partial charge on any atom is 0.333 e. The van der Waals surface area contributed by atoms with Gasteiger partial charge in [0.25, 0.3) is 0 Å². The van der Waals surface area contributed by atoms with Crippen molar-refractivity contribution in [2.75, 3.05) is 30.0 Å². The first-order valence-electron chi connectivity index (χ1n) is 6.25. The number of nitro benzene ring substituents is 1. The molecule has 0 atom stereocenters. The normalized spacial score (nSPS) is 11.1. The van der Waals surface area contributed by atoms with Crippen LogP contribution in [0.5, 0.6) is 5.75 Å². The van der Waals surface area contributed by atoms with Crippen LogP contribution in [-0.4, -0.2) is 38.0 Å². The minimum atomic E-state index is -3.11. The number of anilines is 1. The number of hydrogen-bond donors (Lipinski definition) is 1. The van der Waals surface area contributed by atoms with E-state index < -0.39 is 14.8 Å². The van der Waals surface area contributed by atoms with Gasteiger partial charge in [0.1, 0.15) is 5.69 Å². The number of ether oxygens (including phenoxy) is 1. The SMILES string of the molecule is CCOc1cccc(NCCS(=O)(=O)CC)c1[N+](=O)[O-]. The Morgan fingerprint density at radius 3 is 2.60 bits per heavy atom.